The average Bonchev–Trinajstić information content (AvgIpc) is 2.18. The molecule has 0 amide bonds. The summed E-state index contributed by atoms with van der Waals surface area (Å²) in [7, 11) is 0. The fraction of sp³-hybridized carbons (Fsp3) is 0.200. The van der Waals surface area contributed by atoms with E-state index in [9.17, 15) is 9.90 Å². The topological polar surface area (TPSA) is 69.9 Å². The average molecular weight is 193 g/mol. The standard InChI is InChI=1S/C10H11NO3/c1-7-3-2-4-8(10(7)13)9(12)5-6-11-14/h2-4,6,13-14H,5H2,1H3/b11-6-. The van der Waals surface area contributed by atoms with Gasteiger partial charge in [0.2, 0.25) is 0 Å². The molecule has 0 saturated heterocycles. The van der Waals surface area contributed by atoms with E-state index in [1.807, 2.05) is 0 Å². The predicted octanol–water partition coefficient (Wildman–Crippen LogP) is 1.73. The van der Waals surface area contributed by atoms with Crippen LogP contribution in [-0.2, 0) is 0 Å². The third-order valence-corrected chi connectivity index (χ3v) is 1.90. The minimum atomic E-state index is -0.274. The number of benzene rings is 1. The van der Waals surface area contributed by atoms with Crippen LogP contribution in [0, 0.1) is 6.92 Å². The van der Waals surface area contributed by atoms with E-state index in [4.69, 9.17) is 5.21 Å². The van der Waals surface area contributed by atoms with Crippen molar-refractivity contribution in [3.63, 3.8) is 0 Å². The second kappa shape index (κ2) is 4.41. The molecule has 0 atom stereocenters. The van der Waals surface area contributed by atoms with Gasteiger partial charge in [-0.2, -0.15) is 0 Å². The number of rotatable bonds is 3. The molecule has 0 saturated carbocycles. The Morgan fingerprint density at radius 2 is 2.29 bits per heavy atom. The smallest absolute Gasteiger partial charge is 0.172 e. The minimum absolute atomic E-state index is 0.0103. The van der Waals surface area contributed by atoms with E-state index in [-0.39, 0.29) is 23.5 Å². The molecule has 0 aliphatic rings. The van der Waals surface area contributed by atoms with Gasteiger partial charge in [0.1, 0.15) is 5.75 Å². The lowest BCUT2D eigenvalue weighted by molar-refractivity contribution is 0.0998. The van der Waals surface area contributed by atoms with Gasteiger partial charge in [0.25, 0.3) is 0 Å². The summed E-state index contributed by atoms with van der Waals surface area (Å²) >= 11 is 0. The lowest BCUT2D eigenvalue weighted by Gasteiger charge is -2.03. The van der Waals surface area contributed by atoms with E-state index in [1.165, 1.54) is 6.07 Å². The highest BCUT2D eigenvalue weighted by Crippen LogP contribution is 2.22. The molecule has 0 spiro atoms. The van der Waals surface area contributed by atoms with Crippen LogP contribution in [0.3, 0.4) is 0 Å². The largest absolute Gasteiger partial charge is 0.507 e. The molecule has 4 nitrogen and oxygen atoms in total. The van der Waals surface area contributed by atoms with Gasteiger partial charge in [0.15, 0.2) is 5.78 Å². The van der Waals surface area contributed by atoms with Crippen LogP contribution in [0.5, 0.6) is 5.75 Å². The first-order chi connectivity index (χ1) is 6.66. The number of Topliss-reactive ketones (excluding diaryl/α,β-unsaturated/α-hetero) is 1. The van der Waals surface area contributed by atoms with Crippen LogP contribution >= 0.6 is 0 Å². The zero-order chi connectivity index (χ0) is 10.6. The van der Waals surface area contributed by atoms with E-state index in [0.717, 1.165) is 6.21 Å². The Morgan fingerprint density at radius 3 is 2.93 bits per heavy atom. The van der Waals surface area contributed by atoms with Crippen molar-refractivity contribution < 1.29 is 15.1 Å². The fourth-order valence-corrected chi connectivity index (χ4v) is 1.12. The summed E-state index contributed by atoms with van der Waals surface area (Å²) in [5.74, 6) is -0.284. The summed E-state index contributed by atoms with van der Waals surface area (Å²) in [5, 5.41) is 20.4. The van der Waals surface area contributed by atoms with E-state index in [0.29, 0.717) is 5.56 Å². The third-order valence-electron chi connectivity index (χ3n) is 1.90. The number of aryl methyl sites for hydroxylation is 1. The molecule has 1 aromatic carbocycles. The number of para-hydroxylation sites is 1. The summed E-state index contributed by atoms with van der Waals surface area (Å²) < 4.78 is 0. The van der Waals surface area contributed by atoms with Crippen LogP contribution in [0.4, 0.5) is 0 Å². The highest BCUT2D eigenvalue weighted by atomic mass is 16.4. The van der Waals surface area contributed by atoms with Crippen molar-refractivity contribution in [3.05, 3.63) is 29.3 Å². The van der Waals surface area contributed by atoms with Gasteiger partial charge in [0, 0.05) is 6.42 Å². The number of oxime groups is 1. The van der Waals surface area contributed by atoms with Crippen LogP contribution in [-0.4, -0.2) is 22.3 Å². The molecule has 0 aromatic heterocycles. The first kappa shape index (κ1) is 10.2. The Labute approximate surface area is 81.5 Å². The second-order valence-electron chi connectivity index (χ2n) is 2.90. The molecule has 14 heavy (non-hydrogen) atoms. The summed E-state index contributed by atoms with van der Waals surface area (Å²) in [6.45, 7) is 1.71. The summed E-state index contributed by atoms with van der Waals surface area (Å²) in [6.07, 6.45) is 1.07. The maximum absolute atomic E-state index is 11.4. The first-order valence-corrected chi connectivity index (χ1v) is 4.14. The van der Waals surface area contributed by atoms with Gasteiger partial charge in [-0.3, -0.25) is 4.79 Å². The van der Waals surface area contributed by atoms with Crippen molar-refractivity contribution in [3.8, 4) is 5.75 Å². The van der Waals surface area contributed by atoms with Gasteiger partial charge >= 0.3 is 0 Å². The molecule has 74 valence electrons. The van der Waals surface area contributed by atoms with E-state index >= 15 is 0 Å². The molecule has 0 fully saturated rings. The van der Waals surface area contributed by atoms with Crippen LogP contribution in [0.15, 0.2) is 23.4 Å². The molecule has 0 heterocycles. The Hall–Kier alpha value is -1.84. The van der Waals surface area contributed by atoms with Crippen molar-refractivity contribution >= 4 is 12.0 Å². The number of hydrogen-bond acceptors (Lipinski definition) is 4. The molecule has 1 aromatic rings. The van der Waals surface area contributed by atoms with Crippen molar-refractivity contribution in [2.75, 3.05) is 0 Å². The number of phenols is 1. The van der Waals surface area contributed by atoms with E-state index in [1.54, 1.807) is 19.1 Å². The number of ketones is 1. The zero-order valence-corrected chi connectivity index (χ0v) is 7.77. The summed E-state index contributed by atoms with van der Waals surface area (Å²) in [5.41, 5.74) is 0.904. The monoisotopic (exact) mass is 193 g/mol. The lowest BCUT2D eigenvalue weighted by atomic mass is 10.0. The van der Waals surface area contributed by atoms with Crippen LogP contribution in [0.2, 0.25) is 0 Å². The molecule has 0 aliphatic heterocycles. The Morgan fingerprint density at radius 1 is 1.57 bits per heavy atom. The Balaban J connectivity index is 2.95. The lowest BCUT2D eigenvalue weighted by Crippen LogP contribution is -2.00. The molecule has 4 heteroatoms. The molecule has 0 bridgehead atoms. The van der Waals surface area contributed by atoms with Crippen LogP contribution < -0.4 is 0 Å². The first-order valence-electron chi connectivity index (χ1n) is 4.14. The zero-order valence-electron chi connectivity index (χ0n) is 7.77. The molecule has 0 radical (unpaired) electrons. The molecule has 0 aliphatic carbocycles. The van der Waals surface area contributed by atoms with Crippen molar-refractivity contribution in [1.29, 1.82) is 0 Å². The number of nitrogens with zero attached hydrogens (tertiary/aromatic N) is 1. The number of carbonyl (C=O) groups is 1. The summed E-state index contributed by atoms with van der Waals surface area (Å²) in [4.78, 5) is 11.4. The number of hydrogen-bond donors (Lipinski definition) is 2. The maximum Gasteiger partial charge on any atom is 0.172 e. The van der Waals surface area contributed by atoms with Gasteiger partial charge < -0.3 is 10.3 Å². The maximum atomic E-state index is 11.4. The Kier molecular flexibility index (Phi) is 3.23. The summed E-state index contributed by atoms with van der Waals surface area (Å²) in [6, 6.07) is 4.94. The second-order valence-corrected chi connectivity index (χ2v) is 2.90. The van der Waals surface area contributed by atoms with E-state index < -0.39 is 0 Å². The van der Waals surface area contributed by atoms with Gasteiger partial charge in [-0.05, 0) is 18.6 Å². The molecule has 0 unspecified atom stereocenters. The quantitative estimate of drug-likeness (QED) is 0.332. The van der Waals surface area contributed by atoms with Gasteiger partial charge in [-0.25, -0.2) is 0 Å². The van der Waals surface area contributed by atoms with Gasteiger partial charge in [0.05, 0.1) is 11.8 Å². The Bertz CT molecular complexity index is 372. The number of carbonyl (C=O) groups excluding carboxylic acids is 1. The molecule has 1 rings (SSSR count). The normalized spacial score (nSPS) is 10.6. The fourth-order valence-electron chi connectivity index (χ4n) is 1.12. The molecular weight excluding hydrogens is 182 g/mol. The van der Waals surface area contributed by atoms with Crippen LogP contribution in [0.25, 0.3) is 0 Å². The molecular formula is C10H11NO3. The van der Waals surface area contributed by atoms with Crippen molar-refractivity contribution in [1.82, 2.24) is 0 Å². The molecule has 2 N–H and O–H groups in total. The van der Waals surface area contributed by atoms with Gasteiger partial charge in [-0.15, -0.1) is 5.16 Å². The van der Waals surface area contributed by atoms with Crippen molar-refractivity contribution in [2.45, 2.75) is 13.3 Å². The number of phenolic OH excluding ortho intramolecular Hbond substituents is 1. The predicted molar refractivity (Wildman–Crippen MR) is 52.1 cm³/mol. The third kappa shape index (κ3) is 2.10. The number of aromatic hydroxyl groups is 1. The highest BCUT2D eigenvalue weighted by Gasteiger charge is 2.10. The van der Waals surface area contributed by atoms with Crippen molar-refractivity contribution in [2.24, 2.45) is 5.16 Å². The van der Waals surface area contributed by atoms with Crippen LogP contribution in [0.1, 0.15) is 22.3 Å². The van der Waals surface area contributed by atoms with Gasteiger partial charge in [-0.1, -0.05) is 12.1 Å². The SMILES string of the molecule is Cc1cccc(C(=O)C/C=N\O)c1O. The minimum Gasteiger partial charge on any atom is -0.507 e. The van der Waals surface area contributed by atoms with E-state index in [2.05, 4.69) is 5.16 Å². The highest BCUT2D eigenvalue weighted by molar-refractivity contribution is 6.05.